The van der Waals surface area contributed by atoms with Gasteiger partial charge in [-0.05, 0) is 30.5 Å². The smallest absolute Gasteiger partial charge is 0.303 e. The number of morpholine rings is 1. The first-order valence-corrected chi connectivity index (χ1v) is 6.31. The number of hydrogen-bond donors (Lipinski definition) is 1. The van der Waals surface area contributed by atoms with Gasteiger partial charge in [0.1, 0.15) is 0 Å². The molecule has 0 spiro atoms. The molecule has 0 saturated carbocycles. The Morgan fingerprint density at radius 3 is 2.72 bits per heavy atom. The fourth-order valence-corrected chi connectivity index (χ4v) is 2.28. The van der Waals surface area contributed by atoms with Crippen molar-refractivity contribution in [3.8, 4) is 0 Å². The van der Waals surface area contributed by atoms with E-state index in [2.05, 4.69) is 24.0 Å². The topological polar surface area (TPSA) is 49.8 Å². The van der Waals surface area contributed by atoms with E-state index in [1.165, 1.54) is 11.3 Å². The molecule has 1 fully saturated rings. The molecule has 0 radical (unpaired) electrons. The molecule has 1 N–H and O–H groups in total. The normalized spacial score (nSPS) is 15.7. The first-order chi connectivity index (χ1) is 8.66. The number of hydrogen-bond acceptors (Lipinski definition) is 3. The van der Waals surface area contributed by atoms with Crippen LogP contribution in [-0.4, -0.2) is 37.4 Å². The molecule has 4 nitrogen and oxygen atoms in total. The van der Waals surface area contributed by atoms with E-state index in [9.17, 15) is 4.79 Å². The molecule has 98 valence electrons. The van der Waals surface area contributed by atoms with Crippen LogP contribution in [-0.2, 0) is 16.0 Å². The van der Waals surface area contributed by atoms with E-state index in [4.69, 9.17) is 9.84 Å². The Morgan fingerprint density at radius 1 is 1.39 bits per heavy atom. The second kappa shape index (κ2) is 5.87. The van der Waals surface area contributed by atoms with Crippen LogP contribution in [0.4, 0.5) is 5.69 Å². The van der Waals surface area contributed by atoms with E-state index in [1.54, 1.807) is 0 Å². The van der Waals surface area contributed by atoms with Crippen molar-refractivity contribution in [3.05, 3.63) is 29.3 Å². The summed E-state index contributed by atoms with van der Waals surface area (Å²) < 4.78 is 5.34. The highest BCUT2D eigenvalue weighted by atomic mass is 16.5. The minimum Gasteiger partial charge on any atom is -0.481 e. The van der Waals surface area contributed by atoms with Gasteiger partial charge < -0.3 is 14.7 Å². The largest absolute Gasteiger partial charge is 0.481 e. The number of aryl methyl sites for hydroxylation is 2. The van der Waals surface area contributed by atoms with Crippen molar-refractivity contribution < 1.29 is 14.6 Å². The number of nitrogens with zero attached hydrogens (tertiary/aromatic N) is 1. The lowest BCUT2D eigenvalue weighted by molar-refractivity contribution is -0.136. The quantitative estimate of drug-likeness (QED) is 0.884. The number of carboxylic acids is 1. The number of carbonyl (C=O) groups is 1. The molecule has 1 heterocycles. The van der Waals surface area contributed by atoms with Crippen molar-refractivity contribution in [1.82, 2.24) is 0 Å². The Balaban J connectivity index is 2.06. The van der Waals surface area contributed by atoms with Gasteiger partial charge >= 0.3 is 5.97 Å². The third kappa shape index (κ3) is 3.23. The molecule has 1 aliphatic rings. The Morgan fingerprint density at radius 2 is 2.11 bits per heavy atom. The van der Waals surface area contributed by atoms with Gasteiger partial charge in [0, 0.05) is 25.2 Å². The van der Waals surface area contributed by atoms with Crippen LogP contribution in [0, 0.1) is 6.92 Å². The molecule has 0 unspecified atom stereocenters. The van der Waals surface area contributed by atoms with Crippen molar-refractivity contribution >= 4 is 11.7 Å². The summed E-state index contributed by atoms with van der Waals surface area (Å²) in [7, 11) is 0. The molecular weight excluding hydrogens is 230 g/mol. The van der Waals surface area contributed by atoms with Gasteiger partial charge in [0.05, 0.1) is 13.2 Å². The maximum absolute atomic E-state index is 10.5. The minimum absolute atomic E-state index is 0.191. The molecule has 2 rings (SSSR count). The lowest BCUT2D eigenvalue weighted by atomic mass is 10.0. The number of aliphatic carboxylic acids is 1. The van der Waals surface area contributed by atoms with Gasteiger partial charge in [-0.3, -0.25) is 4.79 Å². The third-order valence-electron chi connectivity index (χ3n) is 3.24. The van der Waals surface area contributed by atoms with Crippen LogP contribution in [0.2, 0.25) is 0 Å². The molecule has 18 heavy (non-hydrogen) atoms. The van der Waals surface area contributed by atoms with E-state index in [0.29, 0.717) is 6.42 Å². The first kappa shape index (κ1) is 12.9. The Hall–Kier alpha value is -1.55. The second-order valence-corrected chi connectivity index (χ2v) is 4.61. The number of rotatable bonds is 4. The maximum Gasteiger partial charge on any atom is 0.303 e. The van der Waals surface area contributed by atoms with E-state index in [0.717, 1.165) is 31.9 Å². The van der Waals surface area contributed by atoms with Crippen molar-refractivity contribution in [3.63, 3.8) is 0 Å². The average molecular weight is 249 g/mol. The Labute approximate surface area is 107 Å². The minimum atomic E-state index is -0.745. The van der Waals surface area contributed by atoms with Crippen molar-refractivity contribution in [2.24, 2.45) is 0 Å². The van der Waals surface area contributed by atoms with Gasteiger partial charge in [-0.1, -0.05) is 12.1 Å². The second-order valence-electron chi connectivity index (χ2n) is 4.61. The van der Waals surface area contributed by atoms with Gasteiger partial charge in [-0.25, -0.2) is 0 Å². The van der Waals surface area contributed by atoms with Crippen LogP contribution in [0.5, 0.6) is 0 Å². The monoisotopic (exact) mass is 249 g/mol. The van der Waals surface area contributed by atoms with Crippen LogP contribution in [0.1, 0.15) is 17.5 Å². The lowest BCUT2D eigenvalue weighted by Crippen LogP contribution is -2.36. The zero-order chi connectivity index (χ0) is 13.0. The van der Waals surface area contributed by atoms with Gasteiger partial charge in [-0.2, -0.15) is 0 Å². The molecule has 1 saturated heterocycles. The number of benzene rings is 1. The zero-order valence-electron chi connectivity index (χ0n) is 10.7. The third-order valence-corrected chi connectivity index (χ3v) is 3.24. The summed E-state index contributed by atoms with van der Waals surface area (Å²) in [6, 6.07) is 6.21. The molecular formula is C14H19NO3. The molecule has 0 bridgehead atoms. The predicted molar refractivity (Wildman–Crippen MR) is 70.2 cm³/mol. The molecule has 0 amide bonds. The van der Waals surface area contributed by atoms with Crippen molar-refractivity contribution in [1.29, 1.82) is 0 Å². The van der Waals surface area contributed by atoms with E-state index >= 15 is 0 Å². The SMILES string of the molecule is Cc1cc(CCC(=O)O)ccc1N1CCOCC1. The fraction of sp³-hybridized carbons (Fsp3) is 0.500. The standard InChI is InChI=1S/C14H19NO3/c1-11-10-12(3-5-14(16)17)2-4-13(11)15-6-8-18-9-7-15/h2,4,10H,3,5-9H2,1H3,(H,16,17). The molecule has 0 atom stereocenters. The highest BCUT2D eigenvalue weighted by molar-refractivity contribution is 5.67. The fourth-order valence-electron chi connectivity index (χ4n) is 2.28. The van der Waals surface area contributed by atoms with E-state index < -0.39 is 5.97 Å². The van der Waals surface area contributed by atoms with Gasteiger partial charge in [0.2, 0.25) is 0 Å². The van der Waals surface area contributed by atoms with E-state index in [1.807, 2.05) is 6.07 Å². The molecule has 1 aromatic carbocycles. The van der Waals surface area contributed by atoms with Gasteiger partial charge in [-0.15, -0.1) is 0 Å². The lowest BCUT2D eigenvalue weighted by Gasteiger charge is -2.30. The summed E-state index contributed by atoms with van der Waals surface area (Å²) in [6.45, 7) is 5.49. The zero-order valence-corrected chi connectivity index (χ0v) is 10.7. The van der Waals surface area contributed by atoms with Crippen molar-refractivity contribution in [2.45, 2.75) is 19.8 Å². The average Bonchev–Trinajstić information content (AvgIpc) is 2.37. The summed E-state index contributed by atoms with van der Waals surface area (Å²) in [5.41, 5.74) is 3.53. The molecule has 1 aromatic rings. The van der Waals surface area contributed by atoms with Crippen LogP contribution in [0.25, 0.3) is 0 Å². The molecule has 0 aliphatic carbocycles. The first-order valence-electron chi connectivity index (χ1n) is 6.31. The molecule has 4 heteroatoms. The number of anilines is 1. The molecule has 1 aliphatic heterocycles. The summed E-state index contributed by atoms with van der Waals surface area (Å²) in [6.07, 6.45) is 0.788. The highest BCUT2D eigenvalue weighted by Gasteiger charge is 2.13. The Bertz CT molecular complexity index is 425. The van der Waals surface area contributed by atoms with Crippen molar-refractivity contribution in [2.75, 3.05) is 31.2 Å². The Kier molecular flexibility index (Phi) is 4.20. The summed E-state index contributed by atoms with van der Waals surface area (Å²) in [5, 5.41) is 8.68. The highest BCUT2D eigenvalue weighted by Crippen LogP contribution is 2.22. The predicted octanol–water partition coefficient (Wildman–Crippen LogP) is 1.85. The van der Waals surface area contributed by atoms with Crippen LogP contribution in [0.15, 0.2) is 18.2 Å². The number of ether oxygens (including phenoxy) is 1. The number of carboxylic acid groups (broad SMARTS) is 1. The van der Waals surface area contributed by atoms with Gasteiger partial charge in [0.15, 0.2) is 0 Å². The maximum atomic E-state index is 10.5. The van der Waals surface area contributed by atoms with Crippen LogP contribution >= 0.6 is 0 Å². The van der Waals surface area contributed by atoms with Crippen LogP contribution in [0.3, 0.4) is 0 Å². The molecule has 0 aromatic heterocycles. The summed E-state index contributed by atoms with van der Waals surface area (Å²) >= 11 is 0. The summed E-state index contributed by atoms with van der Waals surface area (Å²) in [4.78, 5) is 12.9. The van der Waals surface area contributed by atoms with E-state index in [-0.39, 0.29) is 6.42 Å². The summed E-state index contributed by atoms with van der Waals surface area (Å²) in [5.74, 6) is -0.745. The van der Waals surface area contributed by atoms with Gasteiger partial charge in [0.25, 0.3) is 0 Å². The van der Waals surface area contributed by atoms with Crippen LogP contribution < -0.4 is 4.90 Å².